The van der Waals surface area contributed by atoms with Gasteiger partial charge in [-0.3, -0.25) is 0 Å². The van der Waals surface area contributed by atoms with Crippen LogP contribution >= 0.6 is 11.6 Å². The highest BCUT2D eigenvalue weighted by Gasteiger charge is 2.13. The Morgan fingerprint density at radius 3 is 2.42 bits per heavy atom. The fourth-order valence-electron chi connectivity index (χ4n) is 2.05. The maximum Gasteiger partial charge on any atom is 0.127 e. The van der Waals surface area contributed by atoms with Gasteiger partial charge in [-0.05, 0) is 43.0 Å². The van der Waals surface area contributed by atoms with Crippen LogP contribution in [-0.4, -0.2) is 0 Å². The van der Waals surface area contributed by atoms with Gasteiger partial charge in [0.1, 0.15) is 5.82 Å². The van der Waals surface area contributed by atoms with Crippen molar-refractivity contribution in [3.05, 3.63) is 69.5 Å². The minimum absolute atomic E-state index is 0.227. The zero-order chi connectivity index (χ0) is 14.0. The monoisotopic (exact) mass is 277 g/mol. The van der Waals surface area contributed by atoms with Crippen LogP contribution < -0.4 is 5.73 Å². The van der Waals surface area contributed by atoms with Gasteiger partial charge in [0.2, 0.25) is 0 Å². The standard InChI is InChI=1S/C16H17ClFN/c1-10-3-5-12(6-4-10)8-16(19)13-7-11(2)15(18)9-14(13)17/h3-7,9,16H,8,19H2,1-2H3. The fourth-order valence-corrected chi connectivity index (χ4v) is 2.34. The third-order valence-corrected chi connectivity index (χ3v) is 3.58. The van der Waals surface area contributed by atoms with E-state index < -0.39 is 0 Å². The maximum absolute atomic E-state index is 13.4. The molecule has 2 N–H and O–H groups in total. The van der Waals surface area contributed by atoms with Crippen LogP contribution in [0.3, 0.4) is 0 Å². The van der Waals surface area contributed by atoms with Crippen molar-refractivity contribution in [2.45, 2.75) is 26.3 Å². The first-order valence-electron chi connectivity index (χ1n) is 6.24. The molecule has 1 unspecified atom stereocenters. The normalized spacial score (nSPS) is 12.5. The third-order valence-electron chi connectivity index (χ3n) is 3.25. The molecular formula is C16H17ClFN. The van der Waals surface area contributed by atoms with Gasteiger partial charge in [-0.2, -0.15) is 0 Å². The highest BCUT2D eigenvalue weighted by molar-refractivity contribution is 6.31. The molecule has 19 heavy (non-hydrogen) atoms. The van der Waals surface area contributed by atoms with Gasteiger partial charge in [0, 0.05) is 11.1 Å². The Labute approximate surface area is 118 Å². The van der Waals surface area contributed by atoms with Crippen molar-refractivity contribution in [1.82, 2.24) is 0 Å². The van der Waals surface area contributed by atoms with E-state index in [0.29, 0.717) is 17.0 Å². The lowest BCUT2D eigenvalue weighted by molar-refractivity contribution is 0.615. The second-order valence-corrected chi connectivity index (χ2v) is 5.33. The molecule has 100 valence electrons. The van der Waals surface area contributed by atoms with E-state index in [0.717, 1.165) is 11.1 Å². The minimum Gasteiger partial charge on any atom is -0.324 e. The van der Waals surface area contributed by atoms with Crippen LogP contribution in [0, 0.1) is 19.7 Å². The van der Waals surface area contributed by atoms with E-state index in [1.54, 1.807) is 13.0 Å². The number of nitrogens with two attached hydrogens (primary N) is 1. The summed E-state index contributed by atoms with van der Waals surface area (Å²) in [5.74, 6) is -0.295. The van der Waals surface area contributed by atoms with Crippen LogP contribution in [0.4, 0.5) is 4.39 Å². The molecule has 0 fully saturated rings. The van der Waals surface area contributed by atoms with E-state index in [2.05, 4.69) is 24.3 Å². The molecule has 0 aliphatic rings. The van der Waals surface area contributed by atoms with Crippen LogP contribution in [0.2, 0.25) is 5.02 Å². The van der Waals surface area contributed by atoms with Gasteiger partial charge in [-0.25, -0.2) is 4.39 Å². The van der Waals surface area contributed by atoms with Crippen molar-refractivity contribution in [2.75, 3.05) is 0 Å². The quantitative estimate of drug-likeness (QED) is 0.887. The lowest BCUT2D eigenvalue weighted by Gasteiger charge is -2.15. The fraction of sp³-hybridized carbons (Fsp3) is 0.250. The molecule has 0 aromatic heterocycles. The van der Waals surface area contributed by atoms with Gasteiger partial charge in [0.15, 0.2) is 0 Å². The molecular weight excluding hydrogens is 261 g/mol. The van der Waals surface area contributed by atoms with Crippen molar-refractivity contribution < 1.29 is 4.39 Å². The summed E-state index contributed by atoms with van der Waals surface area (Å²) in [6.45, 7) is 3.76. The van der Waals surface area contributed by atoms with E-state index in [9.17, 15) is 4.39 Å². The average molecular weight is 278 g/mol. The lowest BCUT2D eigenvalue weighted by atomic mass is 9.97. The van der Waals surface area contributed by atoms with Gasteiger partial charge >= 0.3 is 0 Å². The molecule has 0 aliphatic heterocycles. The Kier molecular flexibility index (Phi) is 4.23. The van der Waals surface area contributed by atoms with Crippen LogP contribution in [0.15, 0.2) is 36.4 Å². The predicted octanol–water partition coefficient (Wildman–Crippen LogP) is 4.34. The highest BCUT2D eigenvalue weighted by Crippen LogP contribution is 2.27. The molecule has 1 atom stereocenters. The summed E-state index contributed by atoms with van der Waals surface area (Å²) in [6, 6.07) is 11.1. The van der Waals surface area contributed by atoms with Gasteiger partial charge < -0.3 is 5.73 Å². The van der Waals surface area contributed by atoms with Crippen molar-refractivity contribution in [3.8, 4) is 0 Å². The zero-order valence-corrected chi connectivity index (χ0v) is 11.8. The van der Waals surface area contributed by atoms with Crippen LogP contribution in [0.1, 0.15) is 28.3 Å². The van der Waals surface area contributed by atoms with Gasteiger partial charge in [-0.15, -0.1) is 0 Å². The van der Waals surface area contributed by atoms with Crippen LogP contribution in [-0.2, 0) is 6.42 Å². The molecule has 0 heterocycles. The summed E-state index contributed by atoms with van der Waals surface area (Å²) in [6.07, 6.45) is 0.686. The Balaban J connectivity index is 2.22. The van der Waals surface area contributed by atoms with Crippen molar-refractivity contribution in [2.24, 2.45) is 5.73 Å². The first kappa shape index (κ1) is 14.0. The smallest absolute Gasteiger partial charge is 0.127 e. The maximum atomic E-state index is 13.4. The molecule has 3 heteroatoms. The van der Waals surface area contributed by atoms with Gasteiger partial charge in [-0.1, -0.05) is 47.5 Å². The van der Waals surface area contributed by atoms with Crippen LogP contribution in [0.25, 0.3) is 0 Å². The van der Waals surface area contributed by atoms with E-state index >= 15 is 0 Å². The van der Waals surface area contributed by atoms with E-state index in [1.165, 1.54) is 11.6 Å². The zero-order valence-electron chi connectivity index (χ0n) is 11.1. The molecule has 0 saturated carbocycles. The number of aryl methyl sites for hydroxylation is 2. The molecule has 0 bridgehead atoms. The van der Waals surface area contributed by atoms with Gasteiger partial charge in [0.25, 0.3) is 0 Å². The molecule has 2 aromatic carbocycles. The largest absolute Gasteiger partial charge is 0.324 e. The first-order valence-corrected chi connectivity index (χ1v) is 6.62. The summed E-state index contributed by atoms with van der Waals surface area (Å²) < 4.78 is 13.4. The summed E-state index contributed by atoms with van der Waals surface area (Å²) in [7, 11) is 0. The second kappa shape index (κ2) is 5.72. The van der Waals surface area contributed by atoms with Crippen LogP contribution in [0.5, 0.6) is 0 Å². The second-order valence-electron chi connectivity index (χ2n) is 4.92. The number of benzene rings is 2. The number of rotatable bonds is 3. The van der Waals surface area contributed by atoms with E-state index in [4.69, 9.17) is 17.3 Å². The van der Waals surface area contributed by atoms with Crippen molar-refractivity contribution in [3.63, 3.8) is 0 Å². The van der Waals surface area contributed by atoms with Crippen molar-refractivity contribution in [1.29, 1.82) is 0 Å². The third kappa shape index (κ3) is 3.34. The summed E-state index contributed by atoms with van der Waals surface area (Å²) >= 11 is 6.07. The summed E-state index contributed by atoms with van der Waals surface area (Å²) in [4.78, 5) is 0. The molecule has 0 radical (unpaired) electrons. The topological polar surface area (TPSA) is 26.0 Å². The van der Waals surface area contributed by atoms with E-state index in [1.807, 2.05) is 6.92 Å². The minimum atomic E-state index is -0.295. The Bertz CT molecular complexity index is 578. The van der Waals surface area contributed by atoms with Gasteiger partial charge in [0.05, 0.1) is 0 Å². The number of hydrogen-bond acceptors (Lipinski definition) is 1. The molecule has 1 nitrogen and oxygen atoms in total. The number of halogens is 2. The predicted molar refractivity (Wildman–Crippen MR) is 78.0 cm³/mol. The Hall–Kier alpha value is -1.38. The lowest BCUT2D eigenvalue weighted by Crippen LogP contribution is -2.14. The molecule has 0 saturated heterocycles. The Morgan fingerprint density at radius 1 is 1.16 bits per heavy atom. The molecule has 2 rings (SSSR count). The molecule has 0 amide bonds. The molecule has 2 aromatic rings. The molecule has 0 aliphatic carbocycles. The molecule has 0 spiro atoms. The first-order chi connectivity index (χ1) is 8.97. The summed E-state index contributed by atoms with van der Waals surface area (Å²) in [5.41, 5.74) is 9.90. The number of hydrogen-bond donors (Lipinski definition) is 1. The summed E-state index contributed by atoms with van der Waals surface area (Å²) in [5, 5.41) is 0.391. The highest BCUT2D eigenvalue weighted by atomic mass is 35.5. The van der Waals surface area contributed by atoms with E-state index in [-0.39, 0.29) is 11.9 Å². The van der Waals surface area contributed by atoms with Crippen molar-refractivity contribution >= 4 is 11.6 Å². The SMILES string of the molecule is Cc1ccc(CC(N)c2cc(C)c(F)cc2Cl)cc1. The Morgan fingerprint density at radius 2 is 1.79 bits per heavy atom. The average Bonchev–Trinajstić information content (AvgIpc) is 2.36.